The van der Waals surface area contributed by atoms with Crippen LogP contribution in [0.2, 0.25) is 0 Å². The molecule has 0 aliphatic heterocycles. The molecule has 48 heavy (non-hydrogen) atoms. The number of anilines is 2. The fraction of sp³-hybridized carbons (Fsp3) is 0.400. The van der Waals surface area contributed by atoms with E-state index >= 15 is 0 Å². The summed E-state index contributed by atoms with van der Waals surface area (Å²) < 4.78 is 23.0. The number of nitro groups is 1. The lowest BCUT2D eigenvalue weighted by molar-refractivity contribution is -0.385. The van der Waals surface area contributed by atoms with Crippen LogP contribution in [0.5, 0.6) is 17.2 Å². The fourth-order valence-electron chi connectivity index (χ4n) is 4.09. The van der Waals surface area contributed by atoms with Crippen LogP contribution in [-0.4, -0.2) is 59.8 Å². The molecule has 0 spiro atoms. The van der Waals surface area contributed by atoms with Gasteiger partial charge in [0.05, 0.1) is 47.3 Å². The summed E-state index contributed by atoms with van der Waals surface area (Å²) in [7, 11) is 0. The number of nitrogens with zero attached hydrogens (tertiary/aromatic N) is 1. The number of carbonyl (C=O) groups is 3. The van der Waals surface area contributed by atoms with E-state index in [0.29, 0.717) is 6.61 Å². The van der Waals surface area contributed by atoms with Crippen molar-refractivity contribution in [1.82, 2.24) is 0 Å². The minimum absolute atomic E-state index is 0.0116. The van der Waals surface area contributed by atoms with Crippen LogP contribution < -0.4 is 24.8 Å². The molecule has 0 saturated carbocycles. The largest absolute Gasteiger partial charge is 0.491 e. The Kier molecular flexibility index (Phi) is 12.9. The first-order valence-corrected chi connectivity index (χ1v) is 15.5. The number of hydrogen-bond acceptors (Lipinski definition) is 9. The molecule has 13 heteroatoms. The molecule has 0 unspecified atom stereocenters. The summed E-state index contributed by atoms with van der Waals surface area (Å²) in [6.07, 6.45) is 0. The zero-order valence-corrected chi connectivity index (χ0v) is 28.2. The summed E-state index contributed by atoms with van der Waals surface area (Å²) in [6, 6.07) is 12.5. The van der Waals surface area contributed by atoms with E-state index in [-0.39, 0.29) is 82.7 Å². The molecule has 258 valence electrons. The van der Waals surface area contributed by atoms with Crippen LogP contribution in [0.15, 0.2) is 54.6 Å². The van der Waals surface area contributed by atoms with Crippen molar-refractivity contribution in [3.8, 4) is 17.2 Å². The summed E-state index contributed by atoms with van der Waals surface area (Å²) in [5, 5.41) is 26.5. The molecule has 3 aromatic carbocycles. The third kappa shape index (κ3) is 11.3. The minimum atomic E-state index is -1.13. The van der Waals surface area contributed by atoms with Crippen molar-refractivity contribution in [2.45, 2.75) is 54.1 Å². The third-order valence-electron chi connectivity index (χ3n) is 6.41. The van der Waals surface area contributed by atoms with Gasteiger partial charge >= 0.3 is 11.7 Å². The van der Waals surface area contributed by atoms with E-state index in [1.165, 1.54) is 54.6 Å². The number of hydrogen-bond donors (Lipinski definition) is 3. The molecule has 3 N–H and O–H groups in total. The van der Waals surface area contributed by atoms with Gasteiger partial charge in [0, 0.05) is 23.3 Å². The lowest BCUT2D eigenvalue weighted by Gasteiger charge is -2.19. The molecule has 0 aliphatic rings. The van der Waals surface area contributed by atoms with Gasteiger partial charge in [0.1, 0.15) is 18.1 Å². The quantitative estimate of drug-likeness (QED) is 0.0816. The highest BCUT2D eigenvalue weighted by atomic mass is 16.6. The number of carboxylic acids is 1. The first kappa shape index (κ1) is 37.3. The van der Waals surface area contributed by atoms with Crippen LogP contribution in [0.4, 0.5) is 17.1 Å². The Morgan fingerprint density at radius 1 is 0.729 bits per heavy atom. The topological polar surface area (TPSA) is 176 Å². The Morgan fingerprint density at radius 3 is 1.65 bits per heavy atom. The molecule has 0 atom stereocenters. The Labute approximate surface area is 279 Å². The highest BCUT2D eigenvalue weighted by molar-refractivity contribution is 6.08. The average Bonchev–Trinajstić information content (AvgIpc) is 3.01. The molecule has 0 radical (unpaired) electrons. The molecule has 3 aromatic rings. The monoisotopic (exact) mass is 665 g/mol. The molecule has 2 amide bonds. The second-order valence-corrected chi connectivity index (χ2v) is 12.8. The van der Waals surface area contributed by atoms with Crippen LogP contribution in [0.3, 0.4) is 0 Å². The second-order valence-electron chi connectivity index (χ2n) is 12.8. The maximum atomic E-state index is 13.4. The van der Waals surface area contributed by atoms with Gasteiger partial charge < -0.3 is 34.7 Å². The third-order valence-corrected chi connectivity index (χ3v) is 6.41. The molecule has 0 heterocycles. The molecule has 3 rings (SSSR count). The maximum absolute atomic E-state index is 13.4. The first-order valence-electron chi connectivity index (χ1n) is 15.5. The molecule has 13 nitrogen and oxygen atoms in total. The number of nitrogens with one attached hydrogen (secondary N) is 2. The number of carboxylic acid groups (broad SMARTS) is 1. The molecule has 0 fully saturated rings. The summed E-state index contributed by atoms with van der Waals surface area (Å²) in [6.45, 7) is 14.2. The van der Waals surface area contributed by atoms with Crippen molar-refractivity contribution in [3.05, 3.63) is 81.4 Å². The van der Waals surface area contributed by atoms with Crippen LogP contribution in [0.1, 0.15) is 79.5 Å². The number of nitro benzene ring substituents is 1. The van der Waals surface area contributed by atoms with Gasteiger partial charge in [-0.1, -0.05) is 27.7 Å². The zero-order valence-electron chi connectivity index (χ0n) is 28.2. The summed E-state index contributed by atoms with van der Waals surface area (Å²) in [5.41, 5.74) is 0.153. The summed E-state index contributed by atoms with van der Waals surface area (Å²) in [5.74, 6) is -1.60. The lowest BCUT2D eigenvalue weighted by atomic mass is 10.1. The van der Waals surface area contributed by atoms with Gasteiger partial charge in [-0.2, -0.15) is 0 Å². The van der Waals surface area contributed by atoms with E-state index in [9.17, 15) is 29.6 Å². The van der Waals surface area contributed by atoms with E-state index in [2.05, 4.69) is 10.6 Å². The number of rotatable bonds is 16. The normalized spacial score (nSPS) is 11.3. The maximum Gasteiger partial charge on any atom is 0.335 e. The van der Waals surface area contributed by atoms with Gasteiger partial charge in [-0.25, -0.2) is 4.79 Å². The smallest absolute Gasteiger partial charge is 0.335 e. The van der Waals surface area contributed by atoms with Crippen molar-refractivity contribution in [2.75, 3.05) is 37.1 Å². The van der Waals surface area contributed by atoms with Gasteiger partial charge in [0.2, 0.25) is 0 Å². The lowest BCUT2D eigenvalue weighted by Crippen LogP contribution is -2.22. The number of carbonyl (C=O) groups excluding carboxylic acids is 2. The van der Waals surface area contributed by atoms with Crippen molar-refractivity contribution in [2.24, 2.45) is 11.8 Å². The Hall–Kier alpha value is -5.17. The van der Waals surface area contributed by atoms with Gasteiger partial charge in [0.25, 0.3) is 11.8 Å². The van der Waals surface area contributed by atoms with Crippen LogP contribution in [-0.2, 0) is 4.74 Å². The molecule has 0 saturated heterocycles. The predicted octanol–water partition coefficient (Wildman–Crippen LogP) is 7.06. The van der Waals surface area contributed by atoms with E-state index in [0.717, 1.165) is 0 Å². The predicted molar refractivity (Wildman–Crippen MR) is 181 cm³/mol. The summed E-state index contributed by atoms with van der Waals surface area (Å²) >= 11 is 0. The SMILES string of the molecule is CC(C)COc1cc(C(=O)O)ccc1NC(=O)c1ccc(NC(=O)c2ccc([N+](=O)[O-])c(OCCOC(C)(C)C)c2)c(OCC(C)C)c1. The standard InChI is InChI=1S/C35H43N3O10/c1-21(2)19-46-29-16-23(32(39)37-27-12-9-25(34(41)42)18-30(27)47-20-22(3)4)8-11-26(29)36-33(40)24-10-13-28(38(43)44)31(17-24)45-14-15-48-35(5,6)7/h8-13,16-18,21-22H,14-15,19-20H2,1-7H3,(H,36,40)(H,37,39)(H,41,42). The Balaban J connectivity index is 1.86. The van der Waals surface area contributed by atoms with Gasteiger partial charge in [-0.15, -0.1) is 0 Å². The van der Waals surface area contributed by atoms with Crippen molar-refractivity contribution < 1.29 is 43.4 Å². The summed E-state index contributed by atoms with van der Waals surface area (Å²) in [4.78, 5) is 49.2. The van der Waals surface area contributed by atoms with Gasteiger partial charge in [0.15, 0.2) is 5.75 Å². The molecular weight excluding hydrogens is 622 g/mol. The van der Waals surface area contributed by atoms with Crippen LogP contribution in [0.25, 0.3) is 0 Å². The van der Waals surface area contributed by atoms with Crippen molar-refractivity contribution in [1.29, 1.82) is 0 Å². The van der Waals surface area contributed by atoms with E-state index in [1.54, 1.807) is 0 Å². The minimum Gasteiger partial charge on any atom is -0.491 e. The molecule has 0 aromatic heterocycles. The molecule has 0 bridgehead atoms. The van der Waals surface area contributed by atoms with E-state index < -0.39 is 28.3 Å². The Bertz CT molecular complexity index is 1630. The van der Waals surface area contributed by atoms with Gasteiger partial charge in [-0.3, -0.25) is 19.7 Å². The number of amides is 2. The molecular formula is C35H43N3O10. The van der Waals surface area contributed by atoms with Crippen LogP contribution >= 0.6 is 0 Å². The number of aromatic carboxylic acids is 1. The highest BCUT2D eigenvalue weighted by Crippen LogP contribution is 2.32. The highest BCUT2D eigenvalue weighted by Gasteiger charge is 2.21. The van der Waals surface area contributed by atoms with Gasteiger partial charge in [-0.05, 0) is 75.1 Å². The molecule has 0 aliphatic carbocycles. The number of benzene rings is 3. The average molecular weight is 666 g/mol. The second kappa shape index (κ2) is 16.6. The van der Waals surface area contributed by atoms with E-state index in [1.807, 2.05) is 48.5 Å². The zero-order chi connectivity index (χ0) is 35.6. The van der Waals surface area contributed by atoms with Crippen LogP contribution in [0, 0.1) is 22.0 Å². The first-order chi connectivity index (χ1) is 22.5. The fourth-order valence-corrected chi connectivity index (χ4v) is 4.09. The van der Waals surface area contributed by atoms with E-state index in [4.69, 9.17) is 18.9 Å². The number of ether oxygens (including phenoxy) is 4. The van der Waals surface area contributed by atoms with Crippen molar-refractivity contribution >= 4 is 34.8 Å². The Morgan fingerprint density at radius 2 is 1.19 bits per heavy atom. The van der Waals surface area contributed by atoms with Crippen molar-refractivity contribution in [3.63, 3.8) is 0 Å².